The topological polar surface area (TPSA) is 35.2 Å². The summed E-state index contributed by atoms with van der Waals surface area (Å²) in [6, 6.07) is 9.89. The molecule has 0 unspecified atom stereocenters. The molecule has 0 saturated carbocycles. The summed E-state index contributed by atoms with van der Waals surface area (Å²) in [6.07, 6.45) is 2.39. The van der Waals surface area contributed by atoms with Gasteiger partial charge in [0.15, 0.2) is 0 Å². The van der Waals surface area contributed by atoms with Gasteiger partial charge in [-0.15, -0.1) is 6.58 Å². The molecule has 104 valence electrons. The van der Waals surface area contributed by atoms with Gasteiger partial charge in [0.1, 0.15) is 18.2 Å². The van der Waals surface area contributed by atoms with Gasteiger partial charge in [-0.2, -0.15) is 0 Å². The lowest BCUT2D eigenvalue weighted by Crippen LogP contribution is -2.02. The average Bonchev–Trinajstić information content (AvgIpc) is 2.40. The molecule has 0 saturated heterocycles. The highest BCUT2D eigenvalue weighted by Crippen LogP contribution is 2.25. The molecular formula is C16H15ClFNO. The highest BCUT2D eigenvalue weighted by molar-refractivity contribution is 6.31. The van der Waals surface area contributed by atoms with Crippen LogP contribution in [0.2, 0.25) is 5.02 Å². The minimum atomic E-state index is -0.377. The lowest BCUT2D eigenvalue weighted by molar-refractivity contribution is 0.297. The Labute approximate surface area is 122 Å². The number of hydrogen-bond donors (Lipinski definition) is 1. The van der Waals surface area contributed by atoms with Crippen LogP contribution in [0.5, 0.6) is 5.75 Å². The number of anilines is 1. The summed E-state index contributed by atoms with van der Waals surface area (Å²) >= 11 is 5.97. The van der Waals surface area contributed by atoms with Gasteiger partial charge in [0.25, 0.3) is 0 Å². The van der Waals surface area contributed by atoms with Gasteiger partial charge < -0.3 is 10.5 Å². The van der Waals surface area contributed by atoms with E-state index in [-0.39, 0.29) is 12.4 Å². The van der Waals surface area contributed by atoms with Crippen LogP contribution in [0.25, 0.3) is 0 Å². The Bertz CT molecular complexity index is 608. The van der Waals surface area contributed by atoms with Crippen molar-refractivity contribution < 1.29 is 9.13 Å². The van der Waals surface area contributed by atoms with E-state index in [0.717, 1.165) is 5.56 Å². The lowest BCUT2D eigenvalue weighted by Gasteiger charge is -2.12. The third-order valence-electron chi connectivity index (χ3n) is 2.88. The largest absolute Gasteiger partial charge is 0.488 e. The number of rotatable bonds is 5. The molecule has 4 heteroatoms. The van der Waals surface area contributed by atoms with E-state index in [4.69, 9.17) is 22.1 Å². The molecule has 0 heterocycles. The molecule has 0 fully saturated rings. The van der Waals surface area contributed by atoms with E-state index in [1.807, 2.05) is 6.07 Å². The van der Waals surface area contributed by atoms with E-state index < -0.39 is 0 Å². The quantitative estimate of drug-likeness (QED) is 0.656. The number of nitrogen functional groups attached to an aromatic ring is 1. The van der Waals surface area contributed by atoms with Gasteiger partial charge in [-0.1, -0.05) is 23.7 Å². The zero-order valence-electron chi connectivity index (χ0n) is 10.9. The maximum absolute atomic E-state index is 13.7. The highest BCUT2D eigenvalue weighted by atomic mass is 35.5. The van der Waals surface area contributed by atoms with E-state index in [9.17, 15) is 4.39 Å². The van der Waals surface area contributed by atoms with Crippen LogP contribution < -0.4 is 10.5 Å². The van der Waals surface area contributed by atoms with Crippen molar-refractivity contribution in [1.29, 1.82) is 0 Å². The summed E-state index contributed by atoms with van der Waals surface area (Å²) in [7, 11) is 0. The van der Waals surface area contributed by atoms with Crippen molar-refractivity contribution >= 4 is 17.3 Å². The summed E-state index contributed by atoms with van der Waals surface area (Å²) in [5, 5.41) is 0.353. The standard InChI is InChI=1S/C16H15ClFNO/c1-2-4-11-9-12(19)7-8-16(11)20-10-13-14(17)5-3-6-15(13)18/h2-3,5-9H,1,4,10,19H2. The number of halogens is 2. The van der Waals surface area contributed by atoms with Crippen LogP contribution in [0.15, 0.2) is 49.1 Å². The molecule has 0 amide bonds. The fraction of sp³-hybridized carbons (Fsp3) is 0.125. The van der Waals surface area contributed by atoms with Crippen LogP contribution in [0.3, 0.4) is 0 Å². The number of nitrogens with two attached hydrogens (primary N) is 1. The summed E-state index contributed by atoms with van der Waals surface area (Å²) < 4.78 is 19.3. The Balaban J connectivity index is 2.20. The highest BCUT2D eigenvalue weighted by Gasteiger charge is 2.09. The minimum absolute atomic E-state index is 0.0690. The predicted octanol–water partition coefficient (Wildman–Crippen LogP) is 4.37. The van der Waals surface area contributed by atoms with Crippen LogP contribution in [-0.2, 0) is 13.0 Å². The molecular weight excluding hydrogens is 277 g/mol. The van der Waals surface area contributed by atoms with Gasteiger partial charge in [0.05, 0.1) is 5.02 Å². The molecule has 0 aliphatic rings. The minimum Gasteiger partial charge on any atom is -0.488 e. The first-order chi connectivity index (χ1) is 9.61. The van der Waals surface area contributed by atoms with Crippen LogP contribution in [0, 0.1) is 5.82 Å². The van der Waals surface area contributed by atoms with E-state index in [2.05, 4.69) is 6.58 Å². The van der Waals surface area contributed by atoms with E-state index >= 15 is 0 Å². The summed E-state index contributed by atoms with van der Waals surface area (Å²) in [6.45, 7) is 3.76. The van der Waals surface area contributed by atoms with Crippen molar-refractivity contribution in [3.8, 4) is 5.75 Å². The van der Waals surface area contributed by atoms with Crippen LogP contribution in [-0.4, -0.2) is 0 Å². The molecule has 0 spiro atoms. The van der Waals surface area contributed by atoms with Gasteiger partial charge in [0.2, 0.25) is 0 Å². The second-order valence-corrected chi connectivity index (χ2v) is 4.76. The Morgan fingerprint density at radius 1 is 1.30 bits per heavy atom. The fourth-order valence-corrected chi connectivity index (χ4v) is 2.09. The van der Waals surface area contributed by atoms with Crippen molar-refractivity contribution in [3.05, 3.63) is 71.0 Å². The maximum Gasteiger partial charge on any atom is 0.131 e. The third-order valence-corrected chi connectivity index (χ3v) is 3.24. The molecule has 0 aromatic heterocycles. The van der Waals surface area contributed by atoms with E-state index in [1.165, 1.54) is 6.07 Å². The van der Waals surface area contributed by atoms with Gasteiger partial charge in [0, 0.05) is 11.3 Å². The Kier molecular flexibility index (Phi) is 4.64. The monoisotopic (exact) mass is 291 g/mol. The Morgan fingerprint density at radius 3 is 2.80 bits per heavy atom. The molecule has 2 aromatic rings. The van der Waals surface area contributed by atoms with Crippen molar-refractivity contribution in [2.45, 2.75) is 13.0 Å². The SMILES string of the molecule is C=CCc1cc(N)ccc1OCc1c(F)cccc1Cl. The first kappa shape index (κ1) is 14.4. The smallest absolute Gasteiger partial charge is 0.131 e. The van der Waals surface area contributed by atoms with Crippen molar-refractivity contribution in [2.24, 2.45) is 0 Å². The van der Waals surface area contributed by atoms with Crippen LogP contribution >= 0.6 is 11.6 Å². The third kappa shape index (κ3) is 3.31. The molecule has 2 aromatic carbocycles. The molecule has 2 nitrogen and oxygen atoms in total. The molecule has 0 aliphatic carbocycles. The second kappa shape index (κ2) is 6.44. The van der Waals surface area contributed by atoms with Crippen molar-refractivity contribution in [1.82, 2.24) is 0 Å². The molecule has 2 N–H and O–H groups in total. The van der Waals surface area contributed by atoms with E-state index in [0.29, 0.717) is 28.4 Å². The number of allylic oxidation sites excluding steroid dienone is 1. The molecule has 0 atom stereocenters. The van der Waals surface area contributed by atoms with Gasteiger partial charge >= 0.3 is 0 Å². The Hall–Kier alpha value is -2.00. The zero-order chi connectivity index (χ0) is 14.5. The first-order valence-corrected chi connectivity index (χ1v) is 6.54. The number of benzene rings is 2. The van der Waals surface area contributed by atoms with Crippen molar-refractivity contribution in [2.75, 3.05) is 5.73 Å². The van der Waals surface area contributed by atoms with Crippen molar-refractivity contribution in [3.63, 3.8) is 0 Å². The molecule has 20 heavy (non-hydrogen) atoms. The second-order valence-electron chi connectivity index (χ2n) is 4.35. The Morgan fingerprint density at radius 2 is 2.10 bits per heavy atom. The van der Waals surface area contributed by atoms with Gasteiger partial charge in [-0.25, -0.2) is 4.39 Å². The van der Waals surface area contributed by atoms with Gasteiger partial charge in [-0.05, 0) is 42.3 Å². The lowest BCUT2D eigenvalue weighted by atomic mass is 10.1. The van der Waals surface area contributed by atoms with E-state index in [1.54, 1.807) is 30.3 Å². The fourth-order valence-electron chi connectivity index (χ4n) is 1.88. The van der Waals surface area contributed by atoms with Gasteiger partial charge in [-0.3, -0.25) is 0 Å². The normalized spacial score (nSPS) is 10.3. The number of hydrogen-bond acceptors (Lipinski definition) is 2. The summed E-state index contributed by atoms with van der Waals surface area (Å²) in [5.74, 6) is 0.275. The molecule has 0 bridgehead atoms. The predicted molar refractivity (Wildman–Crippen MR) is 80.5 cm³/mol. The molecule has 2 rings (SSSR count). The summed E-state index contributed by atoms with van der Waals surface area (Å²) in [5.41, 5.74) is 7.65. The maximum atomic E-state index is 13.7. The summed E-state index contributed by atoms with van der Waals surface area (Å²) in [4.78, 5) is 0. The number of ether oxygens (including phenoxy) is 1. The van der Waals surface area contributed by atoms with Crippen LogP contribution in [0.1, 0.15) is 11.1 Å². The molecule has 0 radical (unpaired) electrons. The molecule has 0 aliphatic heterocycles. The zero-order valence-corrected chi connectivity index (χ0v) is 11.7. The van der Waals surface area contributed by atoms with Crippen LogP contribution in [0.4, 0.5) is 10.1 Å². The average molecular weight is 292 g/mol. The first-order valence-electron chi connectivity index (χ1n) is 6.17.